The summed E-state index contributed by atoms with van der Waals surface area (Å²) in [5, 5.41) is 14.1. The Morgan fingerprint density at radius 1 is 1.30 bits per heavy atom. The molecule has 100 valence electrons. The van der Waals surface area contributed by atoms with Crippen molar-refractivity contribution in [3.8, 4) is 5.69 Å². The van der Waals surface area contributed by atoms with Gasteiger partial charge < -0.3 is 9.73 Å². The SMILES string of the molecule is O=C(NCc1nnnn1-c1ccccc1)c1cnco1. The summed E-state index contributed by atoms with van der Waals surface area (Å²) in [5.41, 5.74) is 0.821. The van der Waals surface area contributed by atoms with Gasteiger partial charge in [-0.15, -0.1) is 5.10 Å². The molecule has 0 saturated carbocycles. The minimum atomic E-state index is -0.370. The number of carbonyl (C=O) groups is 1. The Labute approximate surface area is 113 Å². The molecule has 8 heteroatoms. The van der Waals surface area contributed by atoms with Crippen LogP contribution in [-0.4, -0.2) is 31.1 Å². The van der Waals surface area contributed by atoms with Gasteiger partial charge in [0.25, 0.3) is 5.91 Å². The molecule has 1 amide bonds. The number of hydrogen-bond donors (Lipinski definition) is 1. The van der Waals surface area contributed by atoms with E-state index in [1.54, 1.807) is 4.68 Å². The maximum absolute atomic E-state index is 11.7. The van der Waals surface area contributed by atoms with Gasteiger partial charge >= 0.3 is 0 Å². The Hall–Kier alpha value is -3.03. The highest BCUT2D eigenvalue weighted by molar-refractivity contribution is 5.90. The molecule has 0 spiro atoms. The molecule has 0 atom stereocenters. The zero-order valence-corrected chi connectivity index (χ0v) is 10.3. The molecule has 0 aliphatic carbocycles. The van der Waals surface area contributed by atoms with E-state index in [4.69, 9.17) is 4.42 Å². The first-order valence-corrected chi connectivity index (χ1v) is 5.84. The molecule has 2 aromatic heterocycles. The average molecular weight is 270 g/mol. The van der Waals surface area contributed by atoms with Crippen molar-refractivity contribution < 1.29 is 9.21 Å². The van der Waals surface area contributed by atoms with Crippen LogP contribution in [0.25, 0.3) is 5.69 Å². The number of aromatic nitrogens is 5. The maximum atomic E-state index is 11.7. The Morgan fingerprint density at radius 3 is 2.90 bits per heavy atom. The molecule has 1 aromatic carbocycles. The van der Waals surface area contributed by atoms with Crippen LogP contribution in [0.3, 0.4) is 0 Å². The van der Waals surface area contributed by atoms with Gasteiger partial charge in [0.2, 0.25) is 5.76 Å². The summed E-state index contributed by atoms with van der Waals surface area (Å²) >= 11 is 0. The summed E-state index contributed by atoms with van der Waals surface area (Å²) in [6.45, 7) is 0.182. The summed E-state index contributed by atoms with van der Waals surface area (Å²) < 4.78 is 6.45. The van der Waals surface area contributed by atoms with Gasteiger partial charge in [0.05, 0.1) is 18.4 Å². The van der Waals surface area contributed by atoms with Crippen molar-refractivity contribution >= 4 is 5.91 Å². The van der Waals surface area contributed by atoms with Crippen LogP contribution in [0.15, 0.2) is 47.3 Å². The third-order valence-electron chi connectivity index (χ3n) is 2.60. The van der Waals surface area contributed by atoms with Crippen molar-refractivity contribution in [2.24, 2.45) is 0 Å². The number of oxazole rings is 1. The second-order valence-electron chi connectivity index (χ2n) is 3.89. The van der Waals surface area contributed by atoms with Crippen molar-refractivity contribution in [3.63, 3.8) is 0 Å². The lowest BCUT2D eigenvalue weighted by atomic mass is 10.3. The maximum Gasteiger partial charge on any atom is 0.289 e. The Bertz CT molecular complexity index is 692. The van der Waals surface area contributed by atoms with Gasteiger partial charge in [0.1, 0.15) is 0 Å². The predicted octanol–water partition coefficient (Wildman–Crippen LogP) is 0.580. The van der Waals surface area contributed by atoms with Gasteiger partial charge in [-0.2, -0.15) is 4.68 Å². The van der Waals surface area contributed by atoms with Gasteiger partial charge in [-0.05, 0) is 22.6 Å². The lowest BCUT2D eigenvalue weighted by molar-refractivity contribution is 0.0922. The second-order valence-corrected chi connectivity index (χ2v) is 3.89. The van der Waals surface area contributed by atoms with Crippen molar-refractivity contribution in [2.75, 3.05) is 0 Å². The van der Waals surface area contributed by atoms with E-state index in [-0.39, 0.29) is 18.2 Å². The van der Waals surface area contributed by atoms with Crippen LogP contribution in [0.5, 0.6) is 0 Å². The van der Waals surface area contributed by atoms with Crippen molar-refractivity contribution in [3.05, 3.63) is 54.5 Å². The number of nitrogens with zero attached hydrogens (tertiary/aromatic N) is 5. The summed E-state index contributed by atoms with van der Waals surface area (Å²) in [7, 11) is 0. The third-order valence-corrected chi connectivity index (χ3v) is 2.60. The molecule has 0 unspecified atom stereocenters. The fourth-order valence-electron chi connectivity index (χ4n) is 1.66. The van der Waals surface area contributed by atoms with E-state index in [9.17, 15) is 4.79 Å². The molecule has 0 fully saturated rings. The Balaban J connectivity index is 1.73. The van der Waals surface area contributed by atoms with Crippen molar-refractivity contribution in [2.45, 2.75) is 6.54 Å². The summed E-state index contributed by atoms with van der Waals surface area (Å²) in [5.74, 6) is 0.290. The van der Waals surface area contributed by atoms with E-state index in [2.05, 4.69) is 25.8 Å². The molecule has 20 heavy (non-hydrogen) atoms. The number of tetrazole rings is 1. The molecule has 8 nitrogen and oxygen atoms in total. The summed E-state index contributed by atoms with van der Waals surface area (Å²) in [6, 6.07) is 9.41. The van der Waals surface area contributed by atoms with Gasteiger partial charge in [-0.25, -0.2) is 4.98 Å². The molecule has 0 radical (unpaired) electrons. The second kappa shape index (κ2) is 5.31. The molecule has 1 N–H and O–H groups in total. The van der Waals surface area contributed by atoms with E-state index >= 15 is 0 Å². The van der Waals surface area contributed by atoms with Gasteiger partial charge in [0, 0.05) is 0 Å². The van der Waals surface area contributed by atoms with Crippen LogP contribution in [0.2, 0.25) is 0 Å². The topological polar surface area (TPSA) is 98.7 Å². The molecule has 3 rings (SSSR count). The van der Waals surface area contributed by atoms with Crippen LogP contribution in [-0.2, 0) is 6.54 Å². The standard InChI is InChI=1S/C12H10N6O2/c19-12(10-6-13-8-20-10)14-7-11-15-16-17-18(11)9-4-2-1-3-5-9/h1-6,8H,7H2,(H,14,19). The fraction of sp³-hybridized carbons (Fsp3) is 0.0833. The predicted molar refractivity (Wildman–Crippen MR) is 66.8 cm³/mol. The normalized spacial score (nSPS) is 10.4. The van der Waals surface area contributed by atoms with E-state index in [1.807, 2.05) is 30.3 Å². The first kappa shape index (κ1) is 12.0. The van der Waals surface area contributed by atoms with Crippen LogP contribution < -0.4 is 5.32 Å². The van der Waals surface area contributed by atoms with Crippen LogP contribution in [0.4, 0.5) is 0 Å². The van der Waals surface area contributed by atoms with Crippen molar-refractivity contribution in [1.82, 2.24) is 30.5 Å². The van der Waals surface area contributed by atoms with E-state index in [1.165, 1.54) is 12.6 Å². The zero-order valence-electron chi connectivity index (χ0n) is 10.3. The Kier molecular flexibility index (Phi) is 3.19. The molecule has 2 heterocycles. The number of rotatable bonds is 4. The monoisotopic (exact) mass is 270 g/mol. The number of amides is 1. The van der Waals surface area contributed by atoms with E-state index < -0.39 is 0 Å². The number of hydrogen-bond acceptors (Lipinski definition) is 6. The smallest absolute Gasteiger partial charge is 0.289 e. The Morgan fingerprint density at radius 2 is 2.15 bits per heavy atom. The first-order valence-electron chi connectivity index (χ1n) is 5.84. The minimum Gasteiger partial charge on any atom is -0.438 e. The fourth-order valence-corrected chi connectivity index (χ4v) is 1.66. The third kappa shape index (κ3) is 2.39. The summed E-state index contributed by atoms with van der Waals surface area (Å²) in [6.07, 6.45) is 2.54. The molecular weight excluding hydrogens is 260 g/mol. The molecule has 0 bridgehead atoms. The highest BCUT2D eigenvalue weighted by atomic mass is 16.3. The number of nitrogens with one attached hydrogen (secondary N) is 1. The van der Waals surface area contributed by atoms with Gasteiger partial charge in [-0.1, -0.05) is 18.2 Å². The van der Waals surface area contributed by atoms with Crippen LogP contribution >= 0.6 is 0 Å². The highest BCUT2D eigenvalue weighted by Crippen LogP contribution is 2.07. The van der Waals surface area contributed by atoms with Gasteiger partial charge in [0.15, 0.2) is 12.2 Å². The number of para-hydroxylation sites is 1. The lowest BCUT2D eigenvalue weighted by Crippen LogP contribution is -2.24. The first-order chi connectivity index (χ1) is 9.84. The number of carbonyl (C=O) groups excluding carboxylic acids is 1. The average Bonchev–Trinajstić information content (AvgIpc) is 3.17. The van der Waals surface area contributed by atoms with Crippen LogP contribution in [0, 0.1) is 0 Å². The quantitative estimate of drug-likeness (QED) is 0.744. The van der Waals surface area contributed by atoms with Gasteiger partial charge in [-0.3, -0.25) is 4.79 Å². The molecule has 0 aliphatic heterocycles. The zero-order chi connectivity index (χ0) is 13.8. The van der Waals surface area contributed by atoms with E-state index in [0.29, 0.717) is 5.82 Å². The van der Waals surface area contributed by atoms with E-state index in [0.717, 1.165) is 5.69 Å². The highest BCUT2D eigenvalue weighted by Gasteiger charge is 2.12. The minimum absolute atomic E-state index is 0.142. The summed E-state index contributed by atoms with van der Waals surface area (Å²) in [4.78, 5) is 15.4. The molecule has 0 saturated heterocycles. The van der Waals surface area contributed by atoms with Crippen molar-refractivity contribution in [1.29, 1.82) is 0 Å². The molecular formula is C12H10N6O2. The largest absolute Gasteiger partial charge is 0.438 e. The molecule has 3 aromatic rings. The lowest BCUT2D eigenvalue weighted by Gasteiger charge is -2.04. The van der Waals surface area contributed by atoms with Crippen LogP contribution in [0.1, 0.15) is 16.4 Å². The molecule has 0 aliphatic rings. The number of benzene rings is 1.